The standard InChI is InChI=1S/C9H15N3/c1-4-12-6-7-5-10-9(2,3)8(7)11-12/h6,10H,4-5H2,1-3H3. The minimum Gasteiger partial charge on any atom is -0.302 e. The Morgan fingerprint density at radius 2 is 2.42 bits per heavy atom. The summed E-state index contributed by atoms with van der Waals surface area (Å²) in [6, 6.07) is 0. The molecule has 1 aliphatic heterocycles. The molecule has 1 aromatic heterocycles. The number of nitrogens with zero attached hydrogens (tertiary/aromatic N) is 2. The van der Waals surface area contributed by atoms with Crippen molar-refractivity contribution in [3.63, 3.8) is 0 Å². The summed E-state index contributed by atoms with van der Waals surface area (Å²) in [7, 11) is 0. The predicted octanol–water partition coefficient (Wildman–Crippen LogP) is 1.24. The van der Waals surface area contributed by atoms with Gasteiger partial charge in [0, 0.05) is 24.8 Å². The third-order valence-electron chi connectivity index (χ3n) is 2.47. The molecule has 0 unspecified atom stereocenters. The Labute approximate surface area is 72.8 Å². The molecule has 0 aliphatic carbocycles. The van der Waals surface area contributed by atoms with Crippen molar-refractivity contribution in [1.29, 1.82) is 0 Å². The zero-order chi connectivity index (χ0) is 8.77. The molecule has 0 spiro atoms. The molecule has 0 atom stereocenters. The molecule has 1 N–H and O–H groups in total. The summed E-state index contributed by atoms with van der Waals surface area (Å²) in [5.74, 6) is 0. The van der Waals surface area contributed by atoms with Crippen molar-refractivity contribution in [2.24, 2.45) is 0 Å². The Morgan fingerprint density at radius 3 is 3.00 bits per heavy atom. The Morgan fingerprint density at radius 1 is 1.67 bits per heavy atom. The molecule has 3 heteroatoms. The minimum absolute atomic E-state index is 0.0652. The predicted molar refractivity (Wildman–Crippen MR) is 47.8 cm³/mol. The first-order valence-corrected chi connectivity index (χ1v) is 4.45. The van der Waals surface area contributed by atoms with Crippen LogP contribution in [0.5, 0.6) is 0 Å². The van der Waals surface area contributed by atoms with E-state index in [-0.39, 0.29) is 5.54 Å². The summed E-state index contributed by atoms with van der Waals surface area (Å²) in [5, 5.41) is 7.93. The van der Waals surface area contributed by atoms with E-state index in [0.29, 0.717) is 0 Å². The van der Waals surface area contributed by atoms with Crippen molar-refractivity contribution in [3.05, 3.63) is 17.5 Å². The lowest BCUT2D eigenvalue weighted by Crippen LogP contribution is -2.30. The lowest BCUT2D eigenvalue weighted by molar-refractivity contribution is 0.419. The van der Waals surface area contributed by atoms with Crippen LogP contribution in [0.25, 0.3) is 0 Å². The van der Waals surface area contributed by atoms with Crippen LogP contribution in [-0.4, -0.2) is 9.78 Å². The van der Waals surface area contributed by atoms with Gasteiger partial charge in [-0.15, -0.1) is 0 Å². The van der Waals surface area contributed by atoms with Crippen molar-refractivity contribution < 1.29 is 0 Å². The highest BCUT2D eigenvalue weighted by Gasteiger charge is 2.32. The molecule has 0 saturated carbocycles. The van der Waals surface area contributed by atoms with Gasteiger partial charge in [-0.05, 0) is 20.8 Å². The van der Waals surface area contributed by atoms with Gasteiger partial charge in [-0.1, -0.05) is 0 Å². The Kier molecular flexibility index (Phi) is 1.51. The van der Waals surface area contributed by atoms with Crippen LogP contribution >= 0.6 is 0 Å². The highest BCUT2D eigenvalue weighted by Crippen LogP contribution is 2.28. The highest BCUT2D eigenvalue weighted by atomic mass is 15.3. The monoisotopic (exact) mass is 165 g/mol. The van der Waals surface area contributed by atoms with E-state index in [2.05, 4.69) is 37.4 Å². The molecular weight excluding hydrogens is 150 g/mol. The van der Waals surface area contributed by atoms with Gasteiger partial charge in [-0.3, -0.25) is 4.68 Å². The smallest absolute Gasteiger partial charge is 0.0864 e. The zero-order valence-corrected chi connectivity index (χ0v) is 7.89. The third kappa shape index (κ3) is 0.966. The van der Waals surface area contributed by atoms with Gasteiger partial charge in [0.1, 0.15) is 0 Å². The number of rotatable bonds is 1. The van der Waals surface area contributed by atoms with Crippen LogP contribution in [0, 0.1) is 0 Å². The summed E-state index contributed by atoms with van der Waals surface area (Å²) >= 11 is 0. The second-order valence-corrected chi connectivity index (χ2v) is 3.84. The minimum atomic E-state index is 0.0652. The number of aromatic nitrogens is 2. The van der Waals surface area contributed by atoms with Crippen LogP contribution in [0.4, 0.5) is 0 Å². The summed E-state index contributed by atoms with van der Waals surface area (Å²) in [5.41, 5.74) is 2.63. The van der Waals surface area contributed by atoms with Gasteiger partial charge in [-0.25, -0.2) is 0 Å². The molecule has 3 nitrogen and oxygen atoms in total. The van der Waals surface area contributed by atoms with Gasteiger partial charge in [0.15, 0.2) is 0 Å². The summed E-state index contributed by atoms with van der Waals surface area (Å²) in [6.45, 7) is 8.38. The van der Waals surface area contributed by atoms with Gasteiger partial charge in [0.25, 0.3) is 0 Å². The Hall–Kier alpha value is -0.830. The summed E-state index contributed by atoms with van der Waals surface area (Å²) in [4.78, 5) is 0. The maximum atomic E-state index is 4.52. The van der Waals surface area contributed by atoms with E-state index in [1.807, 2.05) is 4.68 Å². The van der Waals surface area contributed by atoms with Gasteiger partial charge in [0.05, 0.1) is 11.2 Å². The molecular formula is C9H15N3. The molecule has 12 heavy (non-hydrogen) atoms. The fraction of sp³-hybridized carbons (Fsp3) is 0.667. The first kappa shape index (κ1) is 7.80. The molecule has 2 heterocycles. The van der Waals surface area contributed by atoms with Crippen LogP contribution in [0.2, 0.25) is 0 Å². The Balaban J connectivity index is 2.44. The largest absolute Gasteiger partial charge is 0.302 e. The number of hydrogen-bond acceptors (Lipinski definition) is 2. The third-order valence-corrected chi connectivity index (χ3v) is 2.47. The fourth-order valence-electron chi connectivity index (χ4n) is 1.68. The van der Waals surface area contributed by atoms with Crippen LogP contribution in [0.15, 0.2) is 6.20 Å². The van der Waals surface area contributed by atoms with Crippen LogP contribution in [0.3, 0.4) is 0 Å². The van der Waals surface area contributed by atoms with Gasteiger partial charge in [0.2, 0.25) is 0 Å². The normalized spacial score (nSPS) is 19.6. The van der Waals surface area contributed by atoms with Crippen molar-refractivity contribution in [2.45, 2.75) is 39.4 Å². The first-order valence-electron chi connectivity index (χ1n) is 4.45. The van der Waals surface area contributed by atoms with Crippen molar-refractivity contribution in [1.82, 2.24) is 15.1 Å². The van der Waals surface area contributed by atoms with Gasteiger partial charge >= 0.3 is 0 Å². The second-order valence-electron chi connectivity index (χ2n) is 3.84. The SMILES string of the molecule is CCn1cc2c(n1)C(C)(C)NC2. The average Bonchev–Trinajstić information content (AvgIpc) is 2.53. The quantitative estimate of drug-likeness (QED) is 0.678. The van der Waals surface area contributed by atoms with Crippen LogP contribution < -0.4 is 5.32 Å². The lowest BCUT2D eigenvalue weighted by atomic mass is 10.0. The number of aryl methyl sites for hydroxylation is 1. The number of nitrogens with one attached hydrogen (secondary N) is 1. The van der Waals surface area contributed by atoms with Crippen LogP contribution in [-0.2, 0) is 18.6 Å². The highest BCUT2D eigenvalue weighted by molar-refractivity contribution is 5.28. The maximum absolute atomic E-state index is 4.52. The zero-order valence-electron chi connectivity index (χ0n) is 7.89. The van der Waals surface area contributed by atoms with E-state index in [4.69, 9.17) is 0 Å². The van der Waals surface area contributed by atoms with E-state index in [9.17, 15) is 0 Å². The lowest BCUT2D eigenvalue weighted by Gasteiger charge is -2.17. The number of fused-ring (bicyclic) bond motifs is 1. The average molecular weight is 165 g/mol. The van der Waals surface area contributed by atoms with Crippen molar-refractivity contribution in [2.75, 3.05) is 0 Å². The van der Waals surface area contributed by atoms with E-state index in [1.165, 1.54) is 11.3 Å². The summed E-state index contributed by atoms with van der Waals surface area (Å²) < 4.78 is 2.01. The van der Waals surface area contributed by atoms with E-state index in [0.717, 1.165) is 13.1 Å². The molecule has 1 aromatic rings. The maximum Gasteiger partial charge on any atom is 0.0864 e. The molecule has 66 valence electrons. The number of hydrogen-bond donors (Lipinski definition) is 1. The molecule has 0 radical (unpaired) electrons. The second kappa shape index (κ2) is 2.33. The van der Waals surface area contributed by atoms with Gasteiger partial charge < -0.3 is 5.32 Å². The molecule has 1 aliphatic rings. The summed E-state index contributed by atoms with van der Waals surface area (Å²) in [6.07, 6.45) is 2.14. The van der Waals surface area contributed by atoms with Gasteiger partial charge in [-0.2, -0.15) is 5.10 Å². The Bertz CT molecular complexity index is 299. The van der Waals surface area contributed by atoms with E-state index in [1.54, 1.807) is 0 Å². The van der Waals surface area contributed by atoms with E-state index >= 15 is 0 Å². The first-order chi connectivity index (χ1) is 5.63. The van der Waals surface area contributed by atoms with Crippen molar-refractivity contribution >= 4 is 0 Å². The topological polar surface area (TPSA) is 29.9 Å². The van der Waals surface area contributed by atoms with E-state index < -0.39 is 0 Å². The van der Waals surface area contributed by atoms with Crippen molar-refractivity contribution in [3.8, 4) is 0 Å². The molecule has 0 bridgehead atoms. The van der Waals surface area contributed by atoms with Crippen LogP contribution in [0.1, 0.15) is 32.0 Å². The molecule has 0 fully saturated rings. The molecule has 0 aromatic carbocycles. The molecule has 0 saturated heterocycles. The molecule has 0 amide bonds. The fourth-order valence-corrected chi connectivity index (χ4v) is 1.68. The molecule has 2 rings (SSSR count).